The first-order valence-electron chi connectivity index (χ1n) is 7.68. The van der Waals surface area contributed by atoms with Gasteiger partial charge in [0.15, 0.2) is 8.32 Å². The lowest BCUT2D eigenvalue weighted by Crippen LogP contribution is -2.44. The molecule has 3 nitrogen and oxygen atoms in total. The Bertz CT molecular complexity index is 276. The van der Waals surface area contributed by atoms with Crippen LogP contribution in [0.1, 0.15) is 55.4 Å². The predicted octanol–water partition coefficient (Wildman–Crippen LogP) is 4.62. The zero-order valence-corrected chi connectivity index (χ0v) is 16.3. The van der Waals surface area contributed by atoms with Crippen molar-refractivity contribution >= 4 is 8.32 Å². The minimum atomic E-state index is -1.70. The third-order valence-corrected chi connectivity index (χ3v) is 8.27. The van der Waals surface area contributed by atoms with Crippen LogP contribution in [0.3, 0.4) is 0 Å². The molecular formula is C16H36O3Si. The topological polar surface area (TPSA) is 27.7 Å². The fourth-order valence-corrected chi connectivity index (χ4v) is 2.86. The molecule has 0 rings (SSSR count). The highest BCUT2D eigenvalue weighted by Gasteiger charge is 2.38. The minimum Gasteiger partial charge on any atom is -0.412 e. The first-order valence-corrected chi connectivity index (χ1v) is 10.6. The Morgan fingerprint density at radius 2 is 1.35 bits per heavy atom. The van der Waals surface area contributed by atoms with Gasteiger partial charge >= 0.3 is 0 Å². The van der Waals surface area contributed by atoms with Crippen LogP contribution in [0.25, 0.3) is 0 Å². The van der Waals surface area contributed by atoms with Crippen LogP contribution < -0.4 is 0 Å². The van der Waals surface area contributed by atoms with Crippen LogP contribution in [-0.2, 0) is 13.9 Å². The molecule has 0 aliphatic heterocycles. The molecule has 0 saturated heterocycles. The smallest absolute Gasteiger partial charge is 0.192 e. The molecule has 0 aromatic rings. The third kappa shape index (κ3) is 8.40. The molecule has 0 aliphatic rings. The summed E-state index contributed by atoms with van der Waals surface area (Å²) in [5, 5.41) is 0.238. The van der Waals surface area contributed by atoms with Crippen molar-refractivity contribution in [2.75, 3.05) is 13.2 Å². The van der Waals surface area contributed by atoms with Gasteiger partial charge in [0.05, 0.1) is 31.0 Å². The van der Waals surface area contributed by atoms with Crippen LogP contribution >= 0.6 is 0 Å². The standard InChI is InChI=1S/C16H36O3Si/c1-13(12-18-15(3,4)5)17-11-14(2)19-20(9,10)16(6,7)8/h13-14H,11-12H2,1-10H3. The van der Waals surface area contributed by atoms with E-state index in [1.54, 1.807) is 0 Å². The monoisotopic (exact) mass is 304 g/mol. The number of rotatable bonds is 7. The normalized spacial score (nSPS) is 17.1. The number of hydrogen-bond acceptors (Lipinski definition) is 3. The molecule has 4 heteroatoms. The van der Waals surface area contributed by atoms with E-state index in [4.69, 9.17) is 13.9 Å². The Labute approximate surface area is 127 Å². The molecule has 20 heavy (non-hydrogen) atoms. The van der Waals surface area contributed by atoms with Crippen LogP contribution in [0.4, 0.5) is 0 Å². The highest BCUT2D eigenvalue weighted by atomic mass is 28.4. The number of hydrogen-bond donors (Lipinski definition) is 0. The van der Waals surface area contributed by atoms with Gasteiger partial charge in [-0.3, -0.25) is 0 Å². The lowest BCUT2D eigenvalue weighted by Gasteiger charge is -2.38. The van der Waals surface area contributed by atoms with Crippen LogP contribution in [0, 0.1) is 0 Å². The van der Waals surface area contributed by atoms with E-state index in [1.807, 2.05) is 6.92 Å². The van der Waals surface area contributed by atoms with Gasteiger partial charge in [0, 0.05) is 0 Å². The lowest BCUT2D eigenvalue weighted by molar-refractivity contribution is -0.0777. The fraction of sp³-hybridized carbons (Fsp3) is 1.00. The van der Waals surface area contributed by atoms with E-state index >= 15 is 0 Å². The van der Waals surface area contributed by atoms with E-state index in [1.165, 1.54) is 0 Å². The van der Waals surface area contributed by atoms with E-state index in [9.17, 15) is 0 Å². The van der Waals surface area contributed by atoms with E-state index in [0.717, 1.165) is 0 Å². The predicted molar refractivity (Wildman–Crippen MR) is 88.9 cm³/mol. The molecule has 122 valence electrons. The van der Waals surface area contributed by atoms with Crippen LogP contribution in [0.15, 0.2) is 0 Å². The Morgan fingerprint density at radius 1 is 0.850 bits per heavy atom. The van der Waals surface area contributed by atoms with Crippen molar-refractivity contribution in [2.45, 2.75) is 91.3 Å². The Hall–Kier alpha value is 0.0969. The molecule has 0 aliphatic carbocycles. The molecule has 0 aromatic heterocycles. The summed E-state index contributed by atoms with van der Waals surface area (Å²) in [5.41, 5.74) is -0.110. The van der Waals surface area contributed by atoms with Crippen molar-refractivity contribution < 1.29 is 13.9 Å². The minimum absolute atomic E-state index is 0.0969. The Kier molecular flexibility index (Phi) is 7.42. The highest BCUT2D eigenvalue weighted by molar-refractivity contribution is 6.74. The summed E-state index contributed by atoms with van der Waals surface area (Å²) in [5.74, 6) is 0. The average molecular weight is 305 g/mol. The molecular weight excluding hydrogens is 268 g/mol. The van der Waals surface area contributed by atoms with Gasteiger partial charge in [0.2, 0.25) is 0 Å². The van der Waals surface area contributed by atoms with Gasteiger partial charge < -0.3 is 13.9 Å². The highest BCUT2D eigenvalue weighted by Crippen LogP contribution is 2.37. The maximum absolute atomic E-state index is 6.27. The Morgan fingerprint density at radius 3 is 1.75 bits per heavy atom. The molecule has 0 heterocycles. The summed E-state index contributed by atoms with van der Waals surface area (Å²) < 4.78 is 17.8. The van der Waals surface area contributed by atoms with Crippen molar-refractivity contribution in [3.8, 4) is 0 Å². The zero-order chi connectivity index (χ0) is 16.2. The number of ether oxygens (including phenoxy) is 2. The van der Waals surface area contributed by atoms with E-state index in [-0.39, 0.29) is 22.8 Å². The summed E-state index contributed by atoms with van der Waals surface area (Å²) in [6, 6.07) is 0. The summed E-state index contributed by atoms with van der Waals surface area (Å²) in [6.07, 6.45) is 0.229. The zero-order valence-electron chi connectivity index (χ0n) is 15.3. The van der Waals surface area contributed by atoms with E-state index in [0.29, 0.717) is 13.2 Å². The molecule has 0 radical (unpaired) electrons. The molecule has 0 amide bonds. The quantitative estimate of drug-likeness (QED) is 0.642. The summed E-state index contributed by atoms with van der Waals surface area (Å²) in [7, 11) is -1.70. The summed E-state index contributed by atoms with van der Waals surface area (Å²) in [6.45, 7) is 22.9. The molecule has 2 atom stereocenters. The van der Waals surface area contributed by atoms with E-state index in [2.05, 4.69) is 61.6 Å². The molecule has 2 unspecified atom stereocenters. The molecule has 0 spiro atoms. The fourth-order valence-electron chi connectivity index (χ4n) is 1.43. The van der Waals surface area contributed by atoms with Gasteiger partial charge in [-0.2, -0.15) is 0 Å². The first kappa shape index (κ1) is 20.1. The van der Waals surface area contributed by atoms with Crippen molar-refractivity contribution in [1.29, 1.82) is 0 Å². The second-order valence-corrected chi connectivity index (χ2v) is 13.0. The van der Waals surface area contributed by atoms with Crippen molar-refractivity contribution in [3.63, 3.8) is 0 Å². The second kappa shape index (κ2) is 7.39. The Balaban J connectivity index is 4.08. The average Bonchev–Trinajstić information content (AvgIpc) is 2.20. The van der Waals surface area contributed by atoms with Crippen LogP contribution in [0.2, 0.25) is 18.1 Å². The van der Waals surface area contributed by atoms with Gasteiger partial charge in [0.1, 0.15) is 0 Å². The van der Waals surface area contributed by atoms with Gasteiger partial charge in [0.25, 0.3) is 0 Å². The van der Waals surface area contributed by atoms with Crippen LogP contribution in [-0.4, -0.2) is 39.3 Å². The van der Waals surface area contributed by atoms with Gasteiger partial charge in [-0.25, -0.2) is 0 Å². The van der Waals surface area contributed by atoms with Crippen LogP contribution in [0.5, 0.6) is 0 Å². The maximum atomic E-state index is 6.27. The van der Waals surface area contributed by atoms with E-state index < -0.39 is 8.32 Å². The van der Waals surface area contributed by atoms with Gasteiger partial charge in [-0.15, -0.1) is 0 Å². The largest absolute Gasteiger partial charge is 0.412 e. The van der Waals surface area contributed by atoms with Crippen molar-refractivity contribution in [1.82, 2.24) is 0 Å². The molecule has 0 bridgehead atoms. The summed E-state index contributed by atoms with van der Waals surface area (Å²) >= 11 is 0. The molecule has 0 N–H and O–H groups in total. The lowest BCUT2D eigenvalue weighted by atomic mass is 10.2. The second-order valence-electron chi connectivity index (χ2n) is 8.26. The third-order valence-electron chi connectivity index (χ3n) is 3.67. The summed E-state index contributed by atoms with van der Waals surface area (Å²) in [4.78, 5) is 0. The van der Waals surface area contributed by atoms with Crippen molar-refractivity contribution in [2.24, 2.45) is 0 Å². The van der Waals surface area contributed by atoms with Crippen molar-refractivity contribution in [3.05, 3.63) is 0 Å². The first-order chi connectivity index (χ1) is 8.74. The molecule has 0 saturated carbocycles. The molecule has 0 aromatic carbocycles. The van der Waals surface area contributed by atoms with Gasteiger partial charge in [-0.1, -0.05) is 20.8 Å². The van der Waals surface area contributed by atoms with Gasteiger partial charge in [-0.05, 0) is 52.8 Å². The SMILES string of the molecule is CC(COC(C)(C)C)OCC(C)O[Si](C)(C)C(C)(C)C. The maximum Gasteiger partial charge on any atom is 0.192 e. The molecule has 0 fully saturated rings.